The molecule has 0 bridgehead atoms. The molecule has 0 aliphatic heterocycles. The molecular weight excluding hydrogens is 230 g/mol. The predicted octanol–water partition coefficient (Wildman–Crippen LogP) is 2.69. The summed E-state index contributed by atoms with van der Waals surface area (Å²) in [6, 6.07) is 8.60. The Hall–Kier alpha value is -0.970. The first kappa shape index (κ1) is 12.5. The lowest BCUT2D eigenvalue weighted by Gasteiger charge is -2.10. The molecule has 0 aliphatic carbocycles. The van der Waals surface area contributed by atoms with Crippen LogP contribution < -0.4 is 11.1 Å². The third kappa shape index (κ3) is 3.25. The summed E-state index contributed by atoms with van der Waals surface area (Å²) in [6.45, 7) is 3.95. The third-order valence-corrected chi connectivity index (χ3v) is 3.98. The maximum absolute atomic E-state index is 5.47. The van der Waals surface area contributed by atoms with Crippen LogP contribution in [0.4, 0.5) is 0 Å². The number of fused-ring (bicyclic) bond motifs is 1. The largest absolute Gasteiger partial charge is 0.330 e. The van der Waals surface area contributed by atoms with Crippen molar-refractivity contribution in [3.63, 3.8) is 0 Å². The lowest BCUT2D eigenvalue weighted by molar-refractivity contribution is 0.547. The summed E-state index contributed by atoms with van der Waals surface area (Å²) in [5.41, 5.74) is 6.57. The standard InChI is InChI=1S/C13H19N3S/c1-10(15-9-5-4-8-14)13-16-11-6-2-3-7-12(11)17-13/h2-3,6-7,10,15H,4-5,8-9,14H2,1H3. The van der Waals surface area contributed by atoms with E-state index in [0.29, 0.717) is 6.04 Å². The van der Waals surface area contributed by atoms with Crippen LogP contribution in [0.15, 0.2) is 24.3 Å². The second kappa shape index (κ2) is 6.10. The van der Waals surface area contributed by atoms with Crippen LogP contribution in [0.3, 0.4) is 0 Å². The van der Waals surface area contributed by atoms with Crippen LogP contribution in [-0.4, -0.2) is 18.1 Å². The Bertz CT molecular complexity index is 433. The highest BCUT2D eigenvalue weighted by atomic mass is 32.1. The molecule has 0 spiro atoms. The van der Waals surface area contributed by atoms with Gasteiger partial charge in [-0.05, 0) is 45.0 Å². The number of nitrogens with two attached hydrogens (primary N) is 1. The molecule has 3 N–H and O–H groups in total. The van der Waals surface area contributed by atoms with E-state index in [1.54, 1.807) is 11.3 Å². The monoisotopic (exact) mass is 249 g/mol. The number of hydrogen-bond donors (Lipinski definition) is 2. The minimum atomic E-state index is 0.324. The quantitative estimate of drug-likeness (QED) is 0.774. The van der Waals surface area contributed by atoms with Crippen LogP contribution in [0, 0.1) is 0 Å². The number of rotatable bonds is 6. The van der Waals surface area contributed by atoms with Crippen LogP contribution in [0.5, 0.6) is 0 Å². The third-order valence-electron chi connectivity index (χ3n) is 2.76. The zero-order valence-corrected chi connectivity index (χ0v) is 11.0. The Labute approximate surface area is 106 Å². The number of benzene rings is 1. The zero-order valence-electron chi connectivity index (χ0n) is 10.1. The molecule has 0 aliphatic rings. The van der Waals surface area contributed by atoms with Gasteiger partial charge in [0, 0.05) is 0 Å². The molecule has 4 heteroatoms. The second-order valence-corrected chi connectivity index (χ2v) is 5.25. The fraction of sp³-hybridized carbons (Fsp3) is 0.462. The lowest BCUT2D eigenvalue weighted by atomic mass is 10.3. The predicted molar refractivity (Wildman–Crippen MR) is 74.3 cm³/mol. The summed E-state index contributed by atoms with van der Waals surface area (Å²) < 4.78 is 1.26. The molecule has 2 rings (SSSR count). The summed E-state index contributed by atoms with van der Waals surface area (Å²) in [7, 11) is 0. The molecule has 1 heterocycles. The van der Waals surface area contributed by atoms with Gasteiger partial charge in [-0.15, -0.1) is 11.3 Å². The highest BCUT2D eigenvalue weighted by Gasteiger charge is 2.09. The summed E-state index contributed by atoms with van der Waals surface area (Å²) in [6.07, 6.45) is 2.21. The van der Waals surface area contributed by atoms with Crippen LogP contribution >= 0.6 is 11.3 Å². The van der Waals surface area contributed by atoms with Gasteiger partial charge in [0.25, 0.3) is 0 Å². The number of nitrogens with zero attached hydrogens (tertiary/aromatic N) is 1. The van der Waals surface area contributed by atoms with E-state index in [1.165, 1.54) is 9.71 Å². The minimum Gasteiger partial charge on any atom is -0.330 e. The average Bonchev–Trinajstić information content (AvgIpc) is 2.78. The van der Waals surface area contributed by atoms with Gasteiger partial charge < -0.3 is 11.1 Å². The molecule has 1 unspecified atom stereocenters. The van der Waals surface area contributed by atoms with Crippen LogP contribution in [0.25, 0.3) is 10.2 Å². The molecule has 0 saturated carbocycles. The first-order chi connectivity index (χ1) is 8.31. The van der Waals surface area contributed by atoms with Gasteiger partial charge in [-0.25, -0.2) is 4.98 Å². The van der Waals surface area contributed by atoms with Gasteiger partial charge in [0.05, 0.1) is 16.3 Å². The van der Waals surface area contributed by atoms with Gasteiger partial charge in [0.2, 0.25) is 0 Å². The van der Waals surface area contributed by atoms with E-state index in [2.05, 4.69) is 35.4 Å². The molecule has 92 valence electrons. The van der Waals surface area contributed by atoms with Crippen molar-refractivity contribution < 1.29 is 0 Å². The highest BCUT2D eigenvalue weighted by Crippen LogP contribution is 2.25. The smallest absolute Gasteiger partial charge is 0.111 e. The first-order valence-electron chi connectivity index (χ1n) is 6.10. The first-order valence-corrected chi connectivity index (χ1v) is 6.92. The van der Waals surface area contributed by atoms with E-state index in [-0.39, 0.29) is 0 Å². The second-order valence-electron chi connectivity index (χ2n) is 4.19. The van der Waals surface area contributed by atoms with Crippen LogP contribution in [-0.2, 0) is 0 Å². The van der Waals surface area contributed by atoms with E-state index in [9.17, 15) is 0 Å². The molecule has 17 heavy (non-hydrogen) atoms. The molecule has 0 amide bonds. The summed E-state index contributed by atoms with van der Waals surface area (Å²) >= 11 is 1.77. The summed E-state index contributed by atoms with van der Waals surface area (Å²) in [4.78, 5) is 4.64. The summed E-state index contributed by atoms with van der Waals surface area (Å²) in [5.74, 6) is 0. The number of thiazole rings is 1. The van der Waals surface area contributed by atoms with E-state index in [4.69, 9.17) is 5.73 Å². The van der Waals surface area contributed by atoms with Crippen LogP contribution in [0.2, 0.25) is 0 Å². The van der Waals surface area contributed by atoms with Crippen molar-refractivity contribution in [1.82, 2.24) is 10.3 Å². The average molecular weight is 249 g/mol. The Morgan fingerprint density at radius 1 is 1.35 bits per heavy atom. The SMILES string of the molecule is CC(NCCCCN)c1nc2ccccc2s1. The Morgan fingerprint density at radius 3 is 2.94 bits per heavy atom. The normalized spacial score (nSPS) is 13.1. The minimum absolute atomic E-state index is 0.324. The van der Waals surface area contributed by atoms with Gasteiger partial charge in [-0.1, -0.05) is 12.1 Å². The van der Waals surface area contributed by atoms with Crippen LogP contribution in [0.1, 0.15) is 30.8 Å². The van der Waals surface area contributed by atoms with Gasteiger partial charge in [0.15, 0.2) is 0 Å². The Morgan fingerprint density at radius 2 is 2.18 bits per heavy atom. The molecule has 2 aromatic rings. The van der Waals surface area contributed by atoms with Crippen molar-refractivity contribution in [2.24, 2.45) is 5.73 Å². The van der Waals surface area contributed by atoms with Crippen molar-refractivity contribution in [2.45, 2.75) is 25.8 Å². The van der Waals surface area contributed by atoms with Crippen molar-refractivity contribution in [3.8, 4) is 0 Å². The Balaban J connectivity index is 1.96. The molecule has 1 aromatic heterocycles. The molecule has 3 nitrogen and oxygen atoms in total. The van der Waals surface area contributed by atoms with Gasteiger partial charge >= 0.3 is 0 Å². The molecule has 0 radical (unpaired) electrons. The van der Waals surface area contributed by atoms with Gasteiger partial charge in [-0.3, -0.25) is 0 Å². The number of para-hydroxylation sites is 1. The van der Waals surface area contributed by atoms with Crippen molar-refractivity contribution in [2.75, 3.05) is 13.1 Å². The van der Waals surface area contributed by atoms with E-state index in [0.717, 1.165) is 31.4 Å². The zero-order chi connectivity index (χ0) is 12.1. The van der Waals surface area contributed by atoms with E-state index < -0.39 is 0 Å². The van der Waals surface area contributed by atoms with Crippen molar-refractivity contribution in [3.05, 3.63) is 29.3 Å². The maximum Gasteiger partial charge on any atom is 0.111 e. The van der Waals surface area contributed by atoms with E-state index in [1.807, 2.05) is 6.07 Å². The number of aromatic nitrogens is 1. The summed E-state index contributed by atoms with van der Waals surface area (Å²) in [5, 5.41) is 4.65. The highest BCUT2D eigenvalue weighted by molar-refractivity contribution is 7.18. The van der Waals surface area contributed by atoms with E-state index >= 15 is 0 Å². The molecule has 1 aromatic carbocycles. The fourth-order valence-corrected chi connectivity index (χ4v) is 2.74. The lowest BCUT2D eigenvalue weighted by Crippen LogP contribution is -2.20. The molecule has 1 atom stereocenters. The fourth-order valence-electron chi connectivity index (χ4n) is 1.75. The van der Waals surface area contributed by atoms with Gasteiger partial charge in [-0.2, -0.15) is 0 Å². The van der Waals surface area contributed by atoms with Crippen molar-refractivity contribution >= 4 is 21.6 Å². The van der Waals surface area contributed by atoms with Gasteiger partial charge in [0.1, 0.15) is 5.01 Å². The Kier molecular flexibility index (Phi) is 4.48. The number of unbranched alkanes of at least 4 members (excludes halogenated alkanes) is 1. The molecule has 0 fully saturated rings. The number of hydrogen-bond acceptors (Lipinski definition) is 4. The molecular formula is C13H19N3S. The maximum atomic E-state index is 5.47. The number of nitrogens with one attached hydrogen (secondary N) is 1. The molecule has 0 saturated heterocycles. The topological polar surface area (TPSA) is 50.9 Å². The van der Waals surface area contributed by atoms with Crippen molar-refractivity contribution in [1.29, 1.82) is 0 Å².